The Morgan fingerprint density at radius 2 is 1.44 bits per heavy atom. The van der Waals surface area contributed by atoms with Gasteiger partial charge in [-0.05, 0) is 24.1 Å². The summed E-state index contributed by atoms with van der Waals surface area (Å²) in [5, 5.41) is 0. The number of rotatable bonds is 6. The van der Waals surface area contributed by atoms with Gasteiger partial charge in [0.2, 0.25) is 0 Å². The Hall–Kier alpha value is -0.000000000000000167. The predicted octanol–water partition coefficient (Wildman–Crippen LogP) is 3.18. The van der Waals surface area contributed by atoms with Gasteiger partial charge in [0.05, 0.1) is 4.90 Å². The molecule has 1 rings (SSSR count). The highest BCUT2D eigenvalue weighted by Crippen LogP contribution is 2.28. The van der Waals surface area contributed by atoms with Crippen LogP contribution < -0.4 is 0 Å². The van der Waals surface area contributed by atoms with Gasteiger partial charge in [-0.15, -0.1) is 34.8 Å². The quantitative estimate of drug-likeness (QED) is 0.643. The first-order valence-electron chi connectivity index (χ1n) is 5.11. The van der Waals surface area contributed by atoms with Crippen LogP contribution in [-0.2, 0) is 16.5 Å². The Bertz CT molecular complexity index is 472. The SMILES string of the molecule is O=S(=O)(O)c1ccc(CC(CCl)(CCl)CCl)cc1. The molecule has 0 saturated heterocycles. The molecule has 0 aromatic heterocycles. The van der Waals surface area contributed by atoms with E-state index in [4.69, 9.17) is 39.4 Å². The molecular weight excluding hydrogens is 319 g/mol. The van der Waals surface area contributed by atoms with Crippen molar-refractivity contribution in [3.63, 3.8) is 0 Å². The van der Waals surface area contributed by atoms with Crippen molar-refractivity contribution in [1.82, 2.24) is 0 Å². The maximum atomic E-state index is 10.9. The summed E-state index contributed by atoms with van der Waals surface area (Å²) in [6.45, 7) is 0. The van der Waals surface area contributed by atoms with Crippen LogP contribution in [0.2, 0.25) is 0 Å². The molecule has 0 amide bonds. The van der Waals surface area contributed by atoms with Crippen molar-refractivity contribution in [2.24, 2.45) is 5.41 Å². The maximum Gasteiger partial charge on any atom is 0.294 e. The van der Waals surface area contributed by atoms with Crippen LogP contribution in [0.3, 0.4) is 0 Å². The molecule has 1 N–H and O–H groups in total. The van der Waals surface area contributed by atoms with E-state index in [0.717, 1.165) is 5.56 Å². The zero-order chi connectivity index (χ0) is 13.8. The molecule has 18 heavy (non-hydrogen) atoms. The van der Waals surface area contributed by atoms with Crippen molar-refractivity contribution >= 4 is 44.9 Å². The number of hydrogen-bond donors (Lipinski definition) is 1. The summed E-state index contributed by atoms with van der Waals surface area (Å²) in [6.07, 6.45) is 0.551. The lowest BCUT2D eigenvalue weighted by Crippen LogP contribution is -2.30. The molecule has 102 valence electrons. The van der Waals surface area contributed by atoms with Crippen LogP contribution in [0, 0.1) is 5.41 Å². The second kappa shape index (κ2) is 6.44. The number of alkyl halides is 3. The molecule has 0 aliphatic rings. The first-order valence-corrected chi connectivity index (χ1v) is 8.15. The third-order valence-electron chi connectivity index (χ3n) is 2.65. The lowest BCUT2D eigenvalue weighted by atomic mass is 9.87. The Morgan fingerprint density at radius 1 is 1.00 bits per heavy atom. The molecule has 7 heteroatoms. The summed E-state index contributed by atoms with van der Waals surface area (Å²) in [7, 11) is -4.16. The fraction of sp³-hybridized carbons (Fsp3) is 0.455. The Balaban J connectivity index is 2.93. The van der Waals surface area contributed by atoms with Gasteiger partial charge in [-0.1, -0.05) is 12.1 Å². The summed E-state index contributed by atoms with van der Waals surface area (Å²) in [5.74, 6) is 0.958. The first-order chi connectivity index (χ1) is 8.37. The number of benzene rings is 1. The molecule has 0 saturated carbocycles. The normalized spacial score (nSPS) is 12.7. The van der Waals surface area contributed by atoms with E-state index in [0.29, 0.717) is 24.1 Å². The minimum absolute atomic E-state index is 0.139. The molecule has 0 spiro atoms. The Kier molecular flexibility index (Phi) is 5.74. The standard InChI is InChI=1S/C11H13Cl3O3S/c12-6-11(7-13,8-14)5-9-1-3-10(4-2-9)18(15,16)17/h1-4H,5-8H2,(H,15,16,17). The lowest BCUT2D eigenvalue weighted by Gasteiger charge is -2.26. The molecular formula is C11H13Cl3O3S. The van der Waals surface area contributed by atoms with Gasteiger partial charge in [0.25, 0.3) is 10.1 Å². The molecule has 0 bridgehead atoms. The van der Waals surface area contributed by atoms with Crippen molar-refractivity contribution in [2.45, 2.75) is 11.3 Å². The summed E-state index contributed by atoms with van der Waals surface area (Å²) >= 11 is 17.6. The van der Waals surface area contributed by atoms with Crippen molar-refractivity contribution in [3.8, 4) is 0 Å². The lowest BCUT2D eigenvalue weighted by molar-refractivity contribution is 0.432. The molecule has 0 atom stereocenters. The molecule has 0 heterocycles. The van der Waals surface area contributed by atoms with Gasteiger partial charge < -0.3 is 0 Å². The molecule has 0 fully saturated rings. The fourth-order valence-corrected chi connectivity index (χ4v) is 3.08. The Morgan fingerprint density at radius 3 is 1.78 bits per heavy atom. The van der Waals surface area contributed by atoms with Crippen LogP contribution in [0.25, 0.3) is 0 Å². The third-order valence-corrected chi connectivity index (χ3v) is 5.22. The van der Waals surface area contributed by atoms with Gasteiger partial charge in [0.1, 0.15) is 0 Å². The van der Waals surface area contributed by atoms with E-state index in [1.807, 2.05) is 0 Å². The maximum absolute atomic E-state index is 10.9. The summed E-state index contributed by atoms with van der Waals surface area (Å²) in [6, 6.07) is 5.91. The molecule has 0 aliphatic carbocycles. The Labute approximate surface area is 122 Å². The average molecular weight is 332 g/mol. The van der Waals surface area contributed by atoms with E-state index in [2.05, 4.69) is 0 Å². The zero-order valence-corrected chi connectivity index (χ0v) is 12.5. The van der Waals surface area contributed by atoms with Gasteiger partial charge in [-0.3, -0.25) is 4.55 Å². The van der Waals surface area contributed by atoms with Crippen LogP contribution >= 0.6 is 34.8 Å². The highest BCUT2D eigenvalue weighted by Gasteiger charge is 2.28. The van der Waals surface area contributed by atoms with E-state index < -0.39 is 15.5 Å². The van der Waals surface area contributed by atoms with Crippen LogP contribution in [-0.4, -0.2) is 30.6 Å². The molecule has 3 nitrogen and oxygen atoms in total. The van der Waals surface area contributed by atoms with Crippen LogP contribution in [0.1, 0.15) is 5.56 Å². The topological polar surface area (TPSA) is 54.4 Å². The van der Waals surface area contributed by atoms with Crippen molar-refractivity contribution < 1.29 is 13.0 Å². The largest absolute Gasteiger partial charge is 0.294 e. The van der Waals surface area contributed by atoms with Gasteiger partial charge in [0.15, 0.2) is 0 Å². The smallest absolute Gasteiger partial charge is 0.282 e. The molecule has 0 unspecified atom stereocenters. The minimum Gasteiger partial charge on any atom is -0.282 e. The summed E-state index contributed by atoms with van der Waals surface area (Å²) < 4.78 is 30.6. The van der Waals surface area contributed by atoms with E-state index in [9.17, 15) is 8.42 Å². The monoisotopic (exact) mass is 330 g/mol. The predicted molar refractivity (Wildman–Crippen MR) is 74.6 cm³/mol. The van der Waals surface area contributed by atoms with Crippen molar-refractivity contribution in [1.29, 1.82) is 0 Å². The zero-order valence-electron chi connectivity index (χ0n) is 9.44. The van der Waals surface area contributed by atoms with Gasteiger partial charge in [0, 0.05) is 23.1 Å². The average Bonchev–Trinajstić information content (AvgIpc) is 2.36. The van der Waals surface area contributed by atoms with E-state index in [1.165, 1.54) is 12.1 Å². The van der Waals surface area contributed by atoms with Crippen LogP contribution in [0.4, 0.5) is 0 Å². The molecule has 1 aromatic rings. The van der Waals surface area contributed by atoms with Gasteiger partial charge >= 0.3 is 0 Å². The summed E-state index contributed by atoms with van der Waals surface area (Å²) in [4.78, 5) is -0.139. The van der Waals surface area contributed by atoms with E-state index in [-0.39, 0.29) is 4.90 Å². The van der Waals surface area contributed by atoms with Crippen LogP contribution in [0.15, 0.2) is 29.2 Å². The van der Waals surface area contributed by atoms with E-state index in [1.54, 1.807) is 12.1 Å². The molecule has 0 radical (unpaired) electrons. The van der Waals surface area contributed by atoms with E-state index >= 15 is 0 Å². The molecule has 1 aromatic carbocycles. The first kappa shape index (κ1) is 16.1. The van der Waals surface area contributed by atoms with Crippen molar-refractivity contribution in [2.75, 3.05) is 17.6 Å². The summed E-state index contributed by atoms with van der Waals surface area (Å²) in [5.41, 5.74) is 0.453. The second-order valence-electron chi connectivity index (χ2n) is 4.20. The van der Waals surface area contributed by atoms with Gasteiger partial charge in [-0.25, -0.2) is 0 Å². The highest BCUT2D eigenvalue weighted by atomic mass is 35.5. The fourth-order valence-electron chi connectivity index (χ4n) is 1.46. The van der Waals surface area contributed by atoms with Crippen molar-refractivity contribution in [3.05, 3.63) is 29.8 Å². The van der Waals surface area contributed by atoms with Gasteiger partial charge in [-0.2, -0.15) is 8.42 Å². The number of halogens is 3. The third kappa shape index (κ3) is 4.00. The second-order valence-corrected chi connectivity index (χ2v) is 6.42. The highest BCUT2D eigenvalue weighted by molar-refractivity contribution is 7.85. The minimum atomic E-state index is -4.16. The van der Waals surface area contributed by atoms with Crippen LogP contribution in [0.5, 0.6) is 0 Å². The molecule has 0 aliphatic heterocycles. The number of hydrogen-bond acceptors (Lipinski definition) is 2.